The molecule has 0 amide bonds. The van der Waals surface area contributed by atoms with Gasteiger partial charge in [0.1, 0.15) is 6.33 Å². The Labute approximate surface area is 98.1 Å². The van der Waals surface area contributed by atoms with Crippen LogP contribution in [0.15, 0.2) is 18.5 Å². The fraction of sp³-hybridized carbons (Fsp3) is 0.455. The normalized spacial score (nSPS) is 17.0. The molecular formula is C11H14N4S. The van der Waals surface area contributed by atoms with Gasteiger partial charge >= 0.3 is 0 Å². The number of thiophene rings is 1. The van der Waals surface area contributed by atoms with Crippen molar-refractivity contribution in [3.63, 3.8) is 0 Å². The Morgan fingerprint density at radius 1 is 1.31 bits per heavy atom. The molecule has 0 unspecified atom stereocenters. The van der Waals surface area contributed by atoms with Crippen molar-refractivity contribution < 1.29 is 0 Å². The zero-order chi connectivity index (χ0) is 11.0. The number of nitrogens with zero attached hydrogens (tertiary/aromatic N) is 3. The van der Waals surface area contributed by atoms with E-state index in [0.717, 1.165) is 15.7 Å². The molecule has 16 heavy (non-hydrogen) atoms. The lowest BCUT2D eigenvalue weighted by Gasteiger charge is -2.12. The molecule has 0 bridgehead atoms. The topological polar surface area (TPSA) is 56.7 Å². The second kappa shape index (κ2) is 3.90. The van der Waals surface area contributed by atoms with E-state index in [1.165, 1.54) is 25.7 Å². The molecule has 0 atom stereocenters. The minimum Gasteiger partial charge on any atom is -0.391 e. The van der Waals surface area contributed by atoms with Crippen molar-refractivity contribution in [2.45, 2.75) is 31.7 Å². The number of hydrogen-bond acceptors (Lipinski definition) is 4. The lowest BCUT2D eigenvalue weighted by molar-refractivity contribution is 0.522. The third-order valence-corrected chi connectivity index (χ3v) is 4.05. The van der Waals surface area contributed by atoms with Crippen LogP contribution in [0.1, 0.15) is 31.7 Å². The molecule has 84 valence electrons. The summed E-state index contributed by atoms with van der Waals surface area (Å²) < 4.78 is 2.21. The highest BCUT2D eigenvalue weighted by molar-refractivity contribution is 7.19. The van der Waals surface area contributed by atoms with Crippen LogP contribution >= 0.6 is 11.3 Å². The summed E-state index contributed by atoms with van der Waals surface area (Å²) in [5, 5.41) is 9.07. The zero-order valence-corrected chi connectivity index (χ0v) is 9.78. The molecule has 0 radical (unpaired) electrons. The van der Waals surface area contributed by atoms with E-state index < -0.39 is 0 Å². The summed E-state index contributed by atoms with van der Waals surface area (Å²) in [6.07, 6.45) is 6.96. The molecular weight excluding hydrogens is 220 g/mol. The van der Waals surface area contributed by atoms with E-state index >= 15 is 0 Å². The standard InChI is InChI=1S/C11H14N4S/c12-10-6-5-9(16-10)11-14-13-7-15(11)8-3-1-2-4-8/h5-8H,1-4,12H2. The van der Waals surface area contributed by atoms with Crippen molar-refractivity contribution in [3.05, 3.63) is 18.5 Å². The Hall–Kier alpha value is -1.36. The largest absolute Gasteiger partial charge is 0.391 e. The average molecular weight is 234 g/mol. The van der Waals surface area contributed by atoms with Gasteiger partial charge in [0.25, 0.3) is 0 Å². The fourth-order valence-electron chi connectivity index (χ4n) is 2.34. The number of nitrogens with two attached hydrogens (primary N) is 1. The van der Waals surface area contributed by atoms with Gasteiger partial charge < -0.3 is 10.3 Å². The first-order valence-corrected chi connectivity index (χ1v) is 6.41. The molecule has 1 aliphatic rings. The second-order valence-corrected chi connectivity index (χ2v) is 5.32. The summed E-state index contributed by atoms with van der Waals surface area (Å²) in [5.41, 5.74) is 5.75. The van der Waals surface area contributed by atoms with E-state index in [1.807, 2.05) is 18.5 Å². The second-order valence-electron chi connectivity index (χ2n) is 4.20. The molecule has 5 heteroatoms. The molecule has 2 heterocycles. The van der Waals surface area contributed by atoms with Gasteiger partial charge in [0, 0.05) is 6.04 Å². The van der Waals surface area contributed by atoms with Crippen LogP contribution in [0, 0.1) is 0 Å². The zero-order valence-electron chi connectivity index (χ0n) is 8.97. The van der Waals surface area contributed by atoms with Crippen LogP contribution < -0.4 is 5.73 Å². The maximum absolute atomic E-state index is 5.75. The molecule has 1 saturated carbocycles. The Morgan fingerprint density at radius 2 is 2.12 bits per heavy atom. The van der Waals surface area contributed by atoms with Gasteiger partial charge in [0.15, 0.2) is 5.82 Å². The Balaban J connectivity index is 1.98. The highest BCUT2D eigenvalue weighted by atomic mass is 32.1. The molecule has 4 nitrogen and oxygen atoms in total. The molecule has 3 rings (SSSR count). The van der Waals surface area contributed by atoms with Crippen LogP contribution in [-0.2, 0) is 0 Å². The minimum absolute atomic E-state index is 0.577. The number of nitrogen functional groups attached to an aromatic ring is 1. The first-order chi connectivity index (χ1) is 7.84. The highest BCUT2D eigenvalue weighted by Crippen LogP contribution is 2.34. The van der Waals surface area contributed by atoms with Crippen molar-refractivity contribution >= 4 is 16.3 Å². The molecule has 0 spiro atoms. The quantitative estimate of drug-likeness (QED) is 0.869. The van der Waals surface area contributed by atoms with Gasteiger partial charge in [-0.25, -0.2) is 0 Å². The first kappa shape index (κ1) is 9.84. The molecule has 0 aromatic carbocycles. The first-order valence-electron chi connectivity index (χ1n) is 5.60. The van der Waals surface area contributed by atoms with Gasteiger partial charge in [-0.3, -0.25) is 0 Å². The van der Waals surface area contributed by atoms with E-state index in [1.54, 1.807) is 11.3 Å². The van der Waals surface area contributed by atoms with Crippen molar-refractivity contribution in [2.75, 3.05) is 5.73 Å². The number of aromatic nitrogens is 3. The molecule has 1 fully saturated rings. The van der Waals surface area contributed by atoms with E-state index in [4.69, 9.17) is 5.73 Å². The average Bonchev–Trinajstić information content (AvgIpc) is 2.96. The summed E-state index contributed by atoms with van der Waals surface area (Å²) in [7, 11) is 0. The Bertz CT molecular complexity index is 482. The van der Waals surface area contributed by atoms with Crippen molar-refractivity contribution in [1.82, 2.24) is 14.8 Å². The lowest BCUT2D eigenvalue weighted by atomic mass is 10.2. The summed E-state index contributed by atoms with van der Waals surface area (Å²) in [6, 6.07) is 4.52. The highest BCUT2D eigenvalue weighted by Gasteiger charge is 2.21. The molecule has 1 aliphatic carbocycles. The number of hydrogen-bond donors (Lipinski definition) is 1. The van der Waals surface area contributed by atoms with Crippen LogP contribution in [0.2, 0.25) is 0 Å². The van der Waals surface area contributed by atoms with Crippen molar-refractivity contribution in [2.24, 2.45) is 0 Å². The van der Waals surface area contributed by atoms with Crippen LogP contribution in [-0.4, -0.2) is 14.8 Å². The van der Waals surface area contributed by atoms with Crippen molar-refractivity contribution in [1.29, 1.82) is 0 Å². The summed E-state index contributed by atoms with van der Waals surface area (Å²) in [5.74, 6) is 0.966. The van der Waals surface area contributed by atoms with Crippen LogP contribution in [0.3, 0.4) is 0 Å². The van der Waals surface area contributed by atoms with Crippen molar-refractivity contribution in [3.8, 4) is 10.7 Å². The van der Waals surface area contributed by atoms with Gasteiger partial charge in [-0.2, -0.15) is 0 Å². The Kier molecular flexibility index (Phi) is 2.40. The van der Waals surface area contributed by atoms with Crippen LogP contribution in [0.4, 0.5) is 5.00 Å². The molecule has 2 N–H and O–H groups in total. The van der Waals surface area contributed by atoms with E-state index in [2.05, 4.69) is 14.8 Å². The summed E-state index contributed by atoms with van der Waals surface area (Å²) in [4.78, 5) is 1.11. The maximum atomic E-state index is 5.75. The molecule has 0 saturated heterocycles. The fourth-order valence-corrected chi connectivity index (χ4v) is 3.11. The monoisotopic (exact) mass is 234 g/mol. The molecule has 0 aliphatic heterocycles. The third-order valence-electron chi connectivity index (χ3n) is 3.14. The van der Waals surface area contributed by atoms with E-state index in [-0.39, 0.29) is 0 Å². The lowest BCUT2D eigenvalue weighted by Crippen LogP contribution is -2.04. The van der Waals surface area contributed by atoms with Crippen LogP contribution in [0.5, 0.6) is 0 Å². The smallest absolute Gasteiger partial charge is 0.174 e. The predicted octanol–water partition coefficient (Wildman–Crippen LogP) is 2.70. The third kappa shape index (κ3) is 1.61. The maximum Gasteiger partial charge on any atom is 0.174 e. The van der Waals surface area contributed by atoms with Gasteiger partial charge in [-0.1, -0.05) is 12.8 Å². The predicted molar refractivity (Wildman–Crippen MR) is 65.3 cm³/mol. The van der Waals surface area contributed by atoms with Gasteiger partial charge in [0.05, 0.1) is 9.88 Å². The van der Waals surface area contributed by atoms with E-state index in [0.29, 0.717) is 6.04 Å². The minimum atomic E-state index is 0.577. The SMILES string of the molecule is Nc1ccc(-c2nncn2C2CCCC2)s1. The number of anilines is 1. The molecule has 2 aromatic heterocycles. The summed E-state index contributed by atoms with van der Waals surface area (Å²) in [6.45, 7) is 0. The Morgan fingerprint density at radius 3 is 2.81 bits per heavy atom. The summed E-state index contributed by atoms with van der Waals surface area (Å²) >= 11 is 1.57. The van der Waals surface area contributed by atoms with E-state index in [9.17, 15) is 0 Å². The van der Waals surface area contributed by atoms with Gasteiger partial charge in [0.2, 0.25) is 0 Å². The van der Waals surface area contributed by atoms with Gasteiger partial charge in [-0.05, 0) is 25.0 Å². The molecule has 2 aromatic rings. The number of rotatable bonds is 2. The van der Waals surface area contributed by atoms with Crippen LogP contribution in [0.25, 0.3) is 10.7 Å². The van der Waals surface area contributed by atoms with Gasteiger partial charge in [-0.15, -0.1) is 21.5 Å².